The van der Waals surface area contributed by atoms with Crippen molar-refractivity contribution in [2.24, 2.45) is 0 Å². The van der Waals surface area contributed by atoms with Gasteiger partial charge in [0.15, 0.2) is 5.69 Å². The third-order valence-corrected chi connectivity index (χ3v) is 2.27. The van der Waals surface area contributed by atoms with Crippen molar-refractivity contribution in [3.63, 3.8) is 0 Å². The second kappa shape index (κ2) is 4.66. The molecule has 0 unspecified atom stereocenters. The molecule has 0 heterocycles. The Kier molecular flexibility index (Phi) is 3.53. The Morgan fingerprint density at radius 1 is 1.29 bits per heavy atom. The quantitative estimate of drug-likeness (QED) is 0.659. The highest BCUT2D eigenvalue weighted by Gasteiger charge is 2.07. The highest BCUT2D eigenvalue weighted by Crippen LogP contribution is 2.21. The summed E-state index contributed by atoms with van der Waals surface area (Å²) in [6.45, 7) is 14.3. The molecule has 1 aromatic rings. The normalized spacial score (nSPS) is 9.93. The zero-order chi connectivity index (χ0) is 10.6. The van der Waals surface area contributed by atoms with E-state index >= 15 is 0 Å². The Morgan fingerprint density at radius 2 is 1.86 bits per heavy atom. The van der Waals surface area contributed by atoms with Gasteiger partial charge >= 0.3 is 0 Å². The van der Waals surface area contributed by atoms with Crippen LogP contribution in [0, 0.1) is 6.57 Å². The predicted octanol–water partition coefficient (Wildman–Crippen LogP) is 3.47. The number of nitrogens with zero attached hydrogens (tertiary/aromatic N) is 2. The second-order valence-electron chi connectivity index (χ2n) is 3.51. The average Bonchev–Trinajstić information content (AvgIpc) is 2.19. The molecule has 0 aromatic heterocycles. The van der Waals surface area contributed by atoms with E-state index in [1.807, 2.05) is 24.3 Å². The van der Waals surface area contributed by atoms with Gasteiger partial charge in [0, 0.05) is 18.3 Å². The minimum Gasteiger partial charge on any atom is -0.369 e. The Bertz CT molecular complexity index is 319. The van der Waals surface area contributed by atoms with E-state index in [0.717, 1.165) is 6.54 Å². The molecular weight excluding hydrogens is 172 g/mol. The van der Waals surface area contributed by atoms with Crippen LogP contribution in [0.5, 0.6) is 0 Å². The molecule has 0 fully saturated rings. The molecule has 2 heteroatoms. The van der Waals surface area contributed by atoms with E-state index in [0.29, 0.717) is 11.7 Å². The Hall–Kier alpha value is -1.49. The molecule has 0 atom stereocenters. The van der Waals surface area contributed by atoms with Gasteiger partial charge in [-0.3, -0.25) is 0 Å². The molecule has 0 N–H and O–H groups in total. The number of benzene rings is 1. The fourth-order valence-corrected chi connectivity index (χ4v) is 1.56. The Labute approximate surface area is 86.0 Å². The van der Waals surface area contributed by atoms with Gasteiger partial charge in [-0.05, 0) is 32.9 Å². The molecule has 0 saturated heterocycles. The van der Waals surface area contributed by atoms with E-state index in [1.165, 1.54) is 5.69 Å². The summed E-state index contributed by atoms with van der Waals surface area (Å²) in [5.41, 5.74) is 1.89. The maximum absolute atomic E-state index is 6.86. The number of anilines is 1. The molecule has 0 aliphatic rings. The van der Waals surface area contributed by atoms with E-state index < -0.39 is 0 Å². The maximum Gasteiger partial charge on any atom is 0.187 e. The maximum atomic E-state index is 6.86. The SMILES string of the molecule is [C-]#[N+]c1ccc(N(CC)C(C)C)cc1. The van der Waals surface area contributed by atoms with Crippen molar-refractivity contribution in [3.8, 4) is 0 Å². The van der Waals surface area contributed by atoms with Crippen molar-refractivity contribution in [1.82, 2.24) is 0 Å². The van der Waals surface area contributed by atoms with Crippen molar-refractivity contribution in [2.75, 3.05) is 11.4 Å². The van der Waals surface area contributed by atoms with Crippen molar-refractivity contribution in [2.45, 2.75) is 26.8 Å². The molecule has 0 aliphatic carbocycles. The van der Waals surface area contributed by atoms with Crippen molar-refractivity contribution in [1.29, 1.82) is 0 Å². The fourth-order valence-electron chi connectivity index (χ4n) is 1.56. The first-order chi connectivity index (χ1) is 6.69. The molecule has 1 aromatic carbocycles. The van der Waals surface area contributed by atoms with Crippen molar-refractivity contribution in [3.05, 3.63) is 35.7 Å². The van der Waals surface area contributed by atoms with Crippen LogP contribution in [-0.2, 0) is 0 Å². The van der Waals surface area contributed by atoms with Crippen molar-refractivity contribution < 1.29 is 0 Å². The van der Waals surface area contributed by atoms with Gasteiger partial charge in [0.1, 0.15) is 0 Å². The molecule has 14 heavy (non-hydrogen) atoms. The van der Waals surface area contributed by atoms with Gasteiger partial charge in [-0.2, -0.15) is 0 Å². The van der Waals surface area contributed by atoms with Crippen LogP contribution >= 0.6 is 0 Å². The van der Waals surface area contributed by atoms with Gasteiger partial charge in [-0.25, -0.2) is 4.85 Å². The first kappa shape index (κ1) is 10.6. The molecule has 0 saturated carbocycles. The predicted molar refractivity (Wildman–Crippen MR) is 60.9 cm³/mol. The number of hydrogen-bond donors (Lipinski definition) is 0. The van der Waals surface area contributed by atoms with E-state index in [1.54, 1.807) is 0 Å². The molecule has 0 bridgehead atoms. The highest BCUT2D eigenvalue weighted by atomic mass is 15.1. The first-order valence-electron chi connectivity index (χ1n) is 4.93. The average molecular weight is 188 g/mol. The summed E-state index contributed by atoms with van der Waals surface area (Å²) < 4.78 is 0. The summed E-state index contributed by atoms with van der Waals surface area (Å²) >= 11 is 0. The van der Waals surface area contributed by atoms with Crippen LogP contribution in [0.1, 0.15) is 20.8 Å². The molecule has 0 aliphatic heterocycles. The Morgan fingerprint density at radius 3 is 2.21 bits per heavy atom. The minimum atomic E-state index is 0.499. The van der Waals surface area contributed by atoms with E-state index in [9.17, 15) is 0 Å². The third kappa shape index (κ3) is 2.26. The fraction of sp³-hybridized carbons (Fsp3) is 0.417. The lowest BCUT2D eigenvalue weighted by atomic mass is 10.2. The smallest absolute Gasteiger partial charge is 0.187 e. The molecular formula is C12H16N2. The summed E-state index contributed by atoms with van der Waals surface area (Å²) in [5.74, 6) is 0. The summed E-state index contributed by atoms with van der Waals surface area (Å²) in [4.78, 5) is 5.67. The largest absolute Gasteiger partial charge is 0.369 e. The lowest BCUT2D eigenvalue weighted by Gasteiger charge is -2.27. The Balaban J connectivity index is 2.90. The van der Waals surface area contributed by atoms with E-state index in [-0.39, 0.29) is 0 Å². The minimum absolute atomic E-state index is 0.499. The summed E-state index contributed by atoms with van der Waals surface area (Å²) in [6.07, 6.45) is 0. The molecule has 1 rings (SSSR count). The van der Waals surface area contributed by atoms with E-state index in [2.05, 4.69) is 30.5 Å². The lowest BCUT2D eigenvalue weighted by Crippen LogP contribution is -2.30. The van der Waals surface area contributed by atoms with Crippen LogP contribution in [-0.4, -0.2) is 12.6 Å². The summed E-state index contributed by atoms with van der Waals surface area (Å²) in [7, 11) is 0. The summed E-state index contributed by atoms with van der Waals surface area (Å²) in [6, 6.07) is 8.26. The van der Waals surface area contributed by atoms with Gasteiger partial charge in [0.25, 0.3) is 0 Å². The molecule has 0 amide bonds. The monoisotopic (exact) mass is 188 g/mol. The van der Waals surface area contributed by atoms with Crippen molar-refractivity contribution >= 4 is 11.4 Å². The zero-order valence-corrected chi connectivity index (χ0v) is 8.99. The molecule has 2 nitrogen and oxygen atoms in total. The lowest BCUT2D eigenvalue weighted by molar-refractivity contribution is 0.704. The summed E-state index contributed by atoms with van der Waals surface area (Å²) in [5, 5.41) is 0. The third-order valence-electron chi connectivity index (χ3n) is 2.27. The number of rotatable bonds is 3. The number of hydrogen-bond acceptors (Lipinski definition) is 1. The van der Waals surface area contributed by atoms with Crippen LogP contribution in [0.4, 0.5) is 11.4 Å². The zero-order valence-electron chi connectivity index (χ0n) is 8.99. The van der Waals surface area contributed by atoms with Crippen LogP contribution in [0.25, 0.3) is 4.85 Å². The van der Waals surface area contributed by atoms with Crippen LogP contribution in [0.2, 0.25) is 0 Å². The van der Waals surface area contributed by atoms with E-state index in [4.69, 9.17) is 6.57 Å². The van der Waals surface area contributed by atoms with Gasteiger partial charge in [-0.15, -0.1) is 0 Å². The van der Waals surface area contributed by atoms with Gasteiger partial charge < -0.3 is 4.90 Å². The van der Waals surface area contributed by atoms with Gasteiger partial charge in [0.2, 0.25) is 0 Å². The molecule has 0 radical (unpaired) electrons. The van der Waals surface area contributed by atoms with Crippen LogP contribution < -0.4 is 4.90 Å². The molecule has 74 valence electrons. The van der Waals surface area contributed by atoms with Gasteiger partial charge in [0.05, 0.1) is 6.57 Å². The van der Waals surface area contributed by atoms with Gasteiger partial charge in [-0.1, -0.05) is 12.1 Å². The highest BCUT2D eigenvalue weighted by molar-refractivity contribution is 5.55. The second-order valence-corrected chi connectivity index (χ2v) is 3.51. The first-order valence-corrected chi connectivity index (χ1v) is 4.93. The van der Waals surface area contributed by atoms with Crippen LogP contribution in [0.3, 0.4) is 0 Å². The molecule has 0 spiro atoms. The standard InChI is InChI=1S/C12H16N2/c1-5-14(10(2)3)12-8-6-11(13-4)7-9-12/h6-10H,5H2,1-3H3. The van der Waals surface area contributed by atoms with Crippen LogP contribution in [0.15, 0.2) is 24.3 Å². The topological polar surface area (TPSA) is 7.60 Å².